The van der Waals surface area contributed by atoms with Crippen molar-refractivity contribution in [3.8, 4) is 0 Å². The number of aryl methyl sites for hydroxylation is 2. The van der Waals surface area contributed by atoms with Gasteiger partial charge in [0.25, 0.3) is 0 Å². The average Bonchev–Trinajstić information content (AvgIpc) is 2.86. The molecule has 4 nitrogen and oxygen atoms in total. The zero-order valence-electron chi connectivity index (χ0n) is 10.4. The first kappa shape index (κ1) is 12.7. The van der Waals surface area contributed by atoms with Crippen LogP contribution in [0, 0.1) is 12.7 Å². The summed E-state index contributed by atoms with van der Waals surface area (Å²) in [6, 6.07) is 4.88. The first-order chi connectivity index (χ1) is 8.75. The van der Waals surface area contributed by atoms with Gasteiger partial charge in [0.2, 0.25) is 0 Å². The van der Waals surface area contributed by atoms with Crippen molar-refractivity contribution in [2.24, 2.45) is 0 Å². The molecule has 0 fully saturated rings. The molecule has 2 rings (SSSR count). The van der Waals surface area contributed by atoms with Gasteiger partial charge < -0.3 is 5.32 Å². The van der Waals surface area contributed by atoms with Crippen molar-refractivity contribution in [3.63, 3.8) is 0 Å². The summed E-state index contributed by atoms with van der Waals surface area (Å²) in [7, 11) is 0. The van der Waals surface area contributed by atoms with E-state index in [1.807, 2.05) is 19.2 Å². The number of nitrogens with zero attached hydrogens (tertiary/aromatic N) is 3. The monoisotopic (exact) mass is 248 g/mol. The minimum Gasteiger partial charge on any atom is -0.313 e. The SMILES string of the molecule is Cc1ccc(F)cc1CNCCCn1ccnn1. The molecular formula is C13H17FN4. The molecule has 0 aliphatic rings. The van der Waals surface area contributed by atoms with Crippen molar-refractivity contribution < 1.29 is 4.39 Å². The Labute approximate surface area is 106 Å². The number of hydrogen-bond donors (Lipinski definition) is 1. The van der Waals surface area contributed by atoms with E-state index in [4.69, 9.17) is 0 Å². The maximum absolute atomic E-state index is 13.1. The Morgan fingerprint density at radius 2 is 2.28 bits per heavy atom. The fourth-order valence-corrected chi connectivity index (χ4v) is 1.77. The number of benzene rings is 1. The van der Waals surface area contributed by atoms with Crippen LogP contribution >= 0.6 is 0 Å². The Morgan fingerprint density at radius 1 is 1.39 bits per heavy atom. The minimum atomic E-state index is -0.181. The van der Waals surface area contributed by atoms with E-state index in [-0.39, 0.29) is 5.82 Å². The van der Waals surface area contributed by atoms with Gasteiger partial charge in [0, 0.05) is 19.3 Å². The highest BCUT2D eigenvalue weighted by Crippen LogP contribution is 2.09. The number of nitrogens with one attached hydrogen (secondary N) is 1. The van der Waals surface area contributed by atoms with Gasteiger partial charge in [-0.2, -0.15) is 0 Å². The lowest BCUT2D eigenvalue weighted by Gasteiger charge is -2.08. The zero-order valence-corrected chi connectivity index (χ0v) is 10.4. The van der Waals surface area contributed by atoms with Crippen LogP contribution in [0.15, 0.2) is 30.6 Å². The molecule has 5 heteroatoms. The molecule has 0 unspecified atom stereocenters. The Morgan fingerprint density at radius 3 is 3.06 bits per heavy atom. The van der Waals surface area contributed by atoms with Gasteiger partial charge in [-0.15, -0.1) is 5.10 Å². The predicted octanol–water partition coefficient (Wildman–Crippen LogP) is 1.91. The fourth-order valence-electron chi connectivity index (χ4n) is 1.77. The molecule has 2 aromatic rings. The molecule has 18 heavy (non-hydrogen) atoms. The fraction of sp³-hybridized carbons (Fsp3) is 0.385. The summed E-state index contributed by atoms with van der Waals surface area (Å²) in [5, 5.41) is 10.9. The Balaban J connectivity index is 1.70. The van der Waals surface area contributed by atoms with Gasteiger partial charge in [0.15, 0.2) is 0 Å². The van der Waals surface area contributed by atoms with Crippen molar-refractivity contribution in [2.45, 2.75) is 26.4 Å². The van der Waals surface area contributed by atoms with Gasteiger partial charge in [0.1, 0.15) is 5.82 Å². The third-order valence-electron chi connectivity index (χ3n) is 2.84. The van der Waals surface area contributed by atoms with Crippen molar-refractivity contribution >= 4 is 0 Å². The molecule has 0 bridgehead atoms. The van der Waals surface area contributed by atoms with E-state index in [1.54, 1.807) is 16.9 Å². The van der Waals surface area contributed by atoms with Gasteiger partial charge in [-0.25, -0.2) is 4.39 Å². The van der Waals surface area contributed by atoms with Crippen LogP contribution in [0.2, 0.25) is 0 Å². The molecule has 0 spiro atoms. The summed E-state index contributed by atoms with van der Waals surface area (Å²) in [5.41, 5.74) is 2.12. The maximum Gasteiger partial charge on any atom is 0.123 e. The van der Waals surface area contributed by atoms with Gasteiger partial charge in [-0.05, 0) is 43.1 Å². The molecule has 1 N–H and O–H groups in total. The first-order valence-electron chi connectivity index (χ1n) is 6.05. The highest BCUT2D eigenvalue weighted by atomic mass is 19.1. The van der Waals surface area contributed by atoms with Crippen LogP contribution < -0.4 is 5.32 Å². The molecule has 0 saturated carbocycles. The quantitative estimate of drug-likeness (QED) is 0.794. The van der Waals surface area contributed by atoms with E-state index in [9.17, 15) is 4.39 Å². The summed E-state index contributed by atoms with van der Waals surface area (Å²) in [6.07, 6.45) is 4.48. The molecule has 1 aromatic carbocycles. The highest BCUT2D eigenvalue weighted by Gasteiger charge is 2.00. The number of hydrogen-bond acceptors (Lipinski definition) is 3. The second-order valence-corrected chi connectivity index (χ2v) is 4.27. The predicted molar refractivity (Wildman–Crippen MR) is 67.5 cm³/mol. The highest BCUT2D eigenvalue weighted by molar-refractivity contribution is 5.26. The second-order valence-electron chi connectivity index (χ2n) is 4.27. The molecular weight excluding hydrogens is 231 g/mol. The number of rotatable bonds is 6. The smallest absolute Gasteiger partial charge is 0.123 e. The summed E-state index contributed by atoms with van der Waals surface area (Å²) in [5.74, 6) is -0.181. The normalized spacial score (nSPS) is 10.8. The van der Waals surface area contributed by atoms with Gasteiger partial charge >= 0.3 is 0 Å². The van der Waals surface area contributed by atoms with Crippen molar-refractivity contribution in [2.75, 3.05) is 6.54 Å². The van der Waals surface area contributed by atoms with E-state index in [1.165, 1.54) is 6.07 Å². The van der Waals surface area contributed by atoms with Crippen molar-refractivity contribution in [1.29, 1.82) is 0 Å². The van der Waals surface area contributed by atoms with E-state index in [0.29, 0.717) is 6.54 Å². The molecule has 1 aromatic heterocycles. The van der Waals surface area contributed by atoms with Crippen LogP contribution in [0.5, 0.6) is 0 Å². The van der Waals surface area contributed by atoms with Crippen LogP contribution in [0.1, 0.15) is 17.5 Å². The van der Waals surface area contributed by atoms with Crippen LogP contribution in [0.3, 0.4) is 0 Å². The Kier molecular flexibility index (Phi) is 4.41. The minimum absolute atomic E-state index is 0.181. The topological polar surface area (TPSA) is 42.7 Å². The third kappa shape index (κ3) is 3.63. The molecule has 0 aliphatic heterocycles. The van der Waals surface area contributed by atoms with E-state index < -0.39 is 0 Å². The Hall–Kier alpha value is -1.75. The van der Waals surface area contributed by atoms with Crippen molar-refractivity contribution in [3.05, 3.63) is 47.5 Å². The molecule has 1 heterocycles. The lowest BCUT2D eigenvalue weighted by Crippen LogP contribution is -2.17. The zero-order chi connectivity index (χ0) is 12.8. The lowest BCUT2D eigenvalue weighted by atomic mass is 10.1. The summed E-state index contributed by atoms with van der Waals surface area (Å²) < 4.78 is 14.9. The lowest BCUT2D eigenvalue weighted by molar-refractivity contribution is 0.529. The van der Waals surface area contributed by atoms with Gasteiger partial charge in [-0.3, -0.25) is 4.68 Å². The molecule has 0 aliphatic carbocycles. The van der Waals surface area contributed by atoms with Crippen molar-refractivity contribution in [1.82, 2.24) is 20.3 Å². The number of halogens is 1. The van der Waals surface area contributed by atoms with E-state index in [2.05, 4.69) is 15.6 Å². The van der Waals surface area contributed by atoms with Crippen LogP contribution in [-0.4, -0.2) is 21.5 Å². The Bertz CT molecular complexity index is 482. The first-order valence-corrected chi connectivity index (χ1v) is 6.05. The second kappa shape index (κ2) is 6.26. The van der Waals surface area contributed by atoms with Crippen LogP contribution in [-0.2, 0) is 13.1 Å². The van der Waals surface area contributed by atoms with Gasteiger partial charge in [-0.1, -0.05) is 11.3 Å². The summed E-state index contributed by atoms with van der Waals surface area (Å²) in [4.78, 5) is 0. The van der Waals surface area contributed by atoms with Crippen LogP contribution in [0.4, 0.5) is 4.39 Å². The van der Waals surface area contributed by atoms with E-state index in [0.717, 1.165) is 30.6 Å². The standard InChI is InChI=1S/C13H17FN4/c1-11-3-4-13(14)9-12(11)10-15-5-2-7-18-8-6-16-17-18/h3-4,6,8-9,15H,2,5,7,10H2,1H3. The average molecular weight is 248 g/mol. The molecule has 0 amide bonds. The van der Waals surface area contributed by atoms with Gasteiger partial charge in [0.05, 0.1) is 6.20 Å². The molecule has 0 saturated heterocycles. The molecule has 0 radical (unpaired) electrons. The molecule has 96 valence electrons. The molecule has 0 atom stereocenters. The maximum atomic E-state index is 13.1. The van der Waals surface area contributed by atoms with Crippen LogP contribution in [0.25, 0.3) is 0 Å². The summed E-state index contributed by atoms with van der Waals surface area (Å²) >= 11 is 0. The number of aromatic nitrogens is 3. The third-order valence-corrected chi connectivity index (χ3v) is 2.84. The van der Waals surface area contributed by atoms with E-state index >= 15 is 0 Å². The summed E-state index contributed by atoms with van der Waals surface area (Å²) in [6.45, 7) is 4.40. The largest absolute Gasteiger partial charge is 0.313 e.